The van der Waals surface area contributed by atoms with E-state index in [-0.39, 0.29) is 17.2 Å². The molecule has 0 saturated carbocycles. The Labute approximate surface area is 150 Å². The van der Waals surface area contributed by atoms with Crippen molar-refractivity contribution in [1.29, 1.82) is 0 Å². The molecule has 2 aromatic rings. The van der Waals surface area contributed by atoms with E-state index in [2.05, 4.69) is 15.3 Å². The van der Waals surface area contributed by atoms with E-state index >= 15 is 0 Å². The number of rotatable bonds is 5. The van der Waals surface area contributed by atoms with Gasteiger partial charge in [-0.2, -0.15) is 0 Å². The summed E-state index contributed by atoms with van der Waals surface area (Å²) in [6.07, 6.45) is 3.71. The molecule has 1 aromatic heterocycles. The molecule has 1 amide bonds. The van der Waals surface area contributed by atoms with Crippen molar-refractivity contribution in [1.82, 2.24) is 9.97 Å². The van der Waals surface area contributed by atoms with Gasteiger partial charge in [-0.15, -0.1) is 0 Å². The Hall–Kier alpha value is -2.28. The van der Waals surface area contributed by atoms with Crippen molar-refractivity contribution >= 4 is 23.4 Å². The molecule has 7 heteroatoms. The Balaban J connectivity index is 1.66. The minimum atomic E-state index is -0.172. The molecular weight excluding hydrogens is 338 g/mol. The van der Waals surface area contributed by atoms with Gasteiger partial charge in [-0.25, -0.2) is 4.98 Å². The highest BCUT2D eigenvalue weighted by atomic mass is 32.2. The Bertz CT molecular complexity index is 848. The molecule has 0 fully saturated rings. The van der Waals surface area contributed by atoms with Crippen LogP contribution in [0.2, 0.25) is 0 Å². The second kappa shape index (κ2) is 7.74. The summed E-state index contributed by atoms with van der Waals surface area (Å²) >= 11 is 1.23. The Kier molecular flexibility index (Phi) is 5.43. The fourth-order valence-electron chi connectivity index (χ4n) is 2.89. The SMILES string of the molecule is COc1ccc(C)cc1NC(=O)CSc1nc2c(c(=O)[nH]1)CCCC2. The largest absolute Gasteiger partial charge is 0.495 e. The number of aromatic nitrogens is 2. The minimum Gasteiger partial charge on any atom is -0.495 e. The number of aryl methyl sites for hydroxylation is 2. The van der Waals surface area contributed by atoms with Crippen molar-refractivity contribution in [3.8, 4) is 5.75 Å². The van der Waals surface area contributed by atoms with Gasteiger partial charge in [0, 0.05) is 5.56 Å². The Morgan fingerprint density at radius 1 is 1.36 bits per heavy atom. The third-order valence-electron chi connectivity index (χ3n) is 4.14. The fraction of sp³-hybridized carbons (Fsp3) is 0.389. The van der Waals surface area contributed by atoms with Crippen molar-refractivity contribution in [2.75, 3.05) is 18.2 Å². The van der Waals surface area contributed by atoms with E-state index < -0.39 is 0 Å². The maximum atomic E-state index is 12.2. The highest BCUT2D eigenvalue weighted by Gasteiger charge is 2.16. The standard InChI is InChI=1S/C18H21N3O3S/c1-11-7-8-15(24-2)14(9-11)19-16(22)10-25-18-20-13-6-4-3-5-12(13)17(23)21-18/h7-9H,3-6,10H2,1-2H3,(H,19,22)(H,20,21,23). The number of hydrogen-bond acceptors (Lipinski definition) is 5. The van der Waals surface area contributed by atoms with Crippen LogP contribution in [-0.4, -0.2) is 28.7 Å². The molecule has 0 unspecified atom stereocenters. The van der Waals surface area contributed by atoms with Gasteiger partial charge < -0.3 is 15.0 Å². The smallest absolute Gasteiger partial charge is 0.254 e. The van der Waals surface area contributed by atoms with Crippen molar-refractivity contribution < 1.29 is 9.53 Å². The zero-order chi connectivity index (χ0) is 17.8. The van der Waals surface area contributed by atoms with Crippen LogP contribution in [0.4, 0.5) is 5.69 Å². The highest BCUT2D eigenvalue weighted by molar-refractivity contribution is 7.99. The molecule has 1 aromatic carbocycles. The number of methoxy groups -OCH3 is 1. The molecule has 1 aliphatic rings. The lowest BCUT2D eigenvalue weighted by Crippen LogP contribution is -2.22. The van der Waals surface area contributed by atoms with Crippen LogP contribution in [0.1, 0.15) is 29.7 Å². The summed E-state index contributed by atoms with van der Waals surface area (Å²) in [5.41, 5.74) is 3.26. The average Bonchev–Trinajstić information content (AvgIpc) is 2.60. The monoisotopic (exact) mass is 359 g/mol. The molecule has 1 aliphatic carbocycles. The van der Waals surface area contributed by atoms with Crippen molar-refractivity contribution in [2.45, 2.75) is 37.8 Å². The van der Waals surface area contributed by atoms with Gasteiger partial charge in [-0.1, -0.05) is 17.8 Å². The maximum absolute atomic E-state index is 12.2. The van der Waals surface area contributed by atoms with Crippen LogP contribution in [0.5, 0.6) is 5.75 Å². The normalized spacial score (nSPS) is 13.2. The first-order valence-electron chi connectivity index (χ1n) is 8.26. The predicted octanol–water partition coefficient (Wildman–Crippen LogP) is 2.70. The van der Waals surface area contributed by atoms with Crippen LogP contribution >= 0.6 is 11.8 Å². The summed E-state index contributed by atoms with van der Waals surface area (Å²) in [7, 11) is 1.57. The predicted molar refractivity (Wildman–Crippen MR) is 98.6 cm³/mol. The Morgan fingerprint density at radius 3 is 2.96 bits per heavy atom. The number of carbonyl (C=O) groups excluding carboxylic acids is 1. The number of ether oxygens (including phenoxy) is 1. The third kappa shape index (κ3) is 4.22. The van der Waals surface area contributed by atoms with Crippen molar-refractivity contribution in [3.05, 3.63) is 45.4 Å². The molecule has 3 rings (SSSR count). The first kappa shape index (κ1) is 17.5. The van der Waals surface area contributed by atoms with E-state index in [1.807, 2.05) is 25.1 Å². The topological polar surface area (TPSA) is 84.1 Å². The lowest BCUT2D eigenvalue weighted by atomic mass is 9.97. The number of carbonyl (C=O) groups is 1. The maximum Gasteiger partial charge on any atom is 0.254 e. The molecular formula is C18H21N3O3S. The summed E-state index contributed by atoms with van der Waals surface area (Å²) in [6, 6.07) is 5.60. The first-order chi connectivity index (χ1) is 12.1. The quantitative estimate of drug-likeness (QED) is 0.633. The second-order valence-electron chi connectivity index (χ2n) is 6.04. The van der Waals surface area contributed by atoms with E-state index in [1.54, 1.807) is 7.11 Å². The Morgan fingerprint density at radius 2 is 2.16 bits per heavy atom. The van der Waals surface area contributed by atoms with Crippen molar-refractivity contribution in [2.24, 2.45) is 0 Å². The fourth-order valence-corrected chi connectivity index (χ4v) is 3.57. The van der Waals surface area contributed by atoms with Gasteiger partial charge >= 0.3 is 0 Å². The number of hydrogen-bond donors (Lipinski definition) is 2. The van der Waals surface area contributed by atoms with Crippen LogP contribution in [0, 0.1) is 6.92 Å². The molecule has 6 nitrogen and oxygen atoms in total. The van der Waals surface area contributed by atoms with E-state index in [9.17, 15) is 9.59 Å². The number of amides is 1. The van der Waals surface area contributed by atoms with Crippen LogP contribution < -0.4 is 15.6 Å². The summed E-state index contributed by atoms with van der Waals surface area (Å²) in [5.74, 6) is 0.609. The number of nitrogens with one attached hydrogen (secondary N) is 2. The van der Waals surface area contributed by atoms with Gasteiger partial charge in [0.25, 0.3) is 5.56 Å². The molecule has 25 heavy (non-hydrogen) atoms. The zero-order valence-electron chi connectivity index (χ0n) is 14.3. The number of H-pyrrole nitrogens is 1. The number of fused-ring (bicyclic) bond motifs is 1. The summed E-state index contributed by atoms with van der Waals surface area (Å²) in [6.45, 7) is 1.95. The minimum absolute atomic E-state index is 0.0760. The van der Waals surface area contributed by atoms with E-state index in [0.717, 1.165) is 42.5 Å². The number of aromatic amines is 1. The van der Waals surface area contributed by atoms with E-state index in [1.165, 1.54) is 11.8 Å². The van der Waals surface area contributed by atoms with Crippen molar-refractivity contribution in [3.63, 3.8) is 0 Å². The van der Waals surface area contributed by atoms with Gasteiger partial charge in [0.1, 0.15) is 5.75 Å². The van der Waals surface area contributed by atoms with Crippen LogP contribution in [0.3, 0.4) is 0 Å². The van der Waals surface area contributed by atoms with Gasteiger partial charge in [-0.3, -0.25) is 9.59 Å². The van der Waals surface area contributed by atoms with E-state index in [4.69, 9.17) is 4.74 Å². The summed E-state index contributed by atoms with van der Waals surface area (Å²) < 4.78 is 5.26. The van der Waals surface area contributed by atoms with Crippen LogP contribution in [0.25, 0.3) is 0 Å². The molecule has 1 heterocycles. The highest BCUT2D eigenvalue weighted by Crippen LogP contribution is 2.26. The van der Waals surface area contributed by atoms with Crippen LogP contribution in [0.15, 0.2) is 28.2 Å². The molecule has 132 valence electrons. The molecule has 0 radical (unpaired) electrons. The summed E-state index contributed by atoms with van der Waals surface area (Å²) in [5, 5.41) is 3.34. The van der Waals surface area contributed by atoms with Gasteiger partial charge in [0.15, 0.2) is 5.16 Å². The zero-order valence-corrected chi connectivity index (χ0v) is 15.2. The number of benzene rings is 1. The molecule has 0 spiro atoms. The molecule has 2 N–H and O–H groups in total. The first-order valence-corrected chi connectivity index (χ1v) is 9.24. The lowest BCUT2D eigenvalue weighted by Gasteiger charge is -2.14. The second-order valence-corrected chi connectivity index (χ2v) is 7.01. The molecule has 0 aliphatic heterocycles. The number of thioether (sulfide) groups is 1. The average molecular weight is 359 g/mol. The third-order valence-corrected chi connectivity index (χ3v) is 5.01. The number of anilines is 1. The van der Waals surface area contributed by atoms with Crippen LogP contribution in [-0.2, 0) is 17.6 Å². The summed E-state index contributed by atoms with van der Waals surface area (Å²) in [4.78, 5) is 31.6. The van der Waals surface area contributed by atoms with Gasteiger partial charge in [-0.05, 0) is 50.3 Å². The molecule has 0 saturated heterocycles. The van der Waals surface area contributed by atoms with Gasteiger partial charge in [0.2, 0.25) is 5.91 Å². The lowest BCUT2D eigenvalue weighted by molar-refractivity contribution is -0.113. The van der Waals surface area contributed by atoms with Gasteiger partial charge in [0.05, 0.1) is 24.2 Å². The van der Waals surface area contributed by atoms with E-state index in [0.29, 0.717) is 16.6 Å². The molecule has 0 atom stereocenters. The number of nitrogens with zero attached hydrogens (tertiary/aromatic N) is 1. The molecule has 0 bridgehead atoms.